The first-order chi connectivity index (χ1) is 6.15. The molecule has 1 atom stereocenters. The van der Waals surface area contributed by atoms with Crippen molar-refractivity contribution < 1.29 is 4.74 Å². The molecule has 0 saturated heterocycles. The van der Waals surface area contributed by atoms with Crippen LogP contribution in [0.1, 0.15) is 34.6 Å². The summed E-state index contributed by atoms with van der Waals surface area (Å²) in [5, 5.41) is 0. The minimum atomic E-state index is -0.638. The number of hydrogen-bond donors (Lipinski definition) is 0. The first-order valence-electron chi connectivity index (χ1n) is 4.73. The molecule has 0 amide bonds. The summed E-state index contributed by atoms with van der Waals surface area (Å²) in [6.45, 7) is 14.1. The van der Waals surface area contributed by atoms with Crippen molar-refractivity contribution in [3.63, 3.8) is 0 Å². The zero-order valence-corrected chi connectivity index (χ0v) is 10.8. The molecule has 0 aromatic heterocycles. The maximum atomic E-state index is 6.56. The summed E-state index contributed by atoms with van der Waals surface area (Å²) in [7, 11) is 1.60. The van der Waals surface area contributed by atoms with Gasteiger partial charge in [-0.25, -0.2) is 0 Å². The lowest BCUT2D eigenvalue weighted by molar-refractivity contribution is 0.211. The Bertz CT molecular complexity index is 244. The van der Waals surface area contributed by atoms with Crippen molar-refractivity contribution in [1.82, 2.24) is 0 Å². The fourth-order valence-corrected chi connectivity index (χ4v) is 1.56. The average Bonchev–Trinajstić information content (AvgIpc) is 1.99. The third-order valence-corrected chi connectivity index (χ3v) is 3.12. The maximum Gasteiger partial charge on any atom is 0.124 e. The van der Waals surface area contributed by atoms with E-state index in [1.165, 1.54) is 0 Å². The highest BCUT2D eigenvalue weighted by Crippen LogP contribution is 2.43. The fourth-order valence-electron chi connectivity index (χ4n) is 1.26. The van der Waals surface area contributed by atoms with Crippen molar-refractivity contribution in [1.29, 1.82) is 0 Å². The summed E-state index contributed by atoms with van der Waals surface area (Å²) in [6, 6.07) is 0. The summed E-state index contributed by atoms with van der Waals surface area (Å²) >= 11 is 6.56. The van der Waals surface area contributed by atoms with Crippen molar-refractivity contribution in [2.45, 2.75) is 39.5 Å². The lowest BCUT2D eigenvalue weighted by atomic mass is 9.78. The second kappa shape index (κ2) is 4.39. The molecule has 0 aliphatic carbocycles. The van der Waals surface area contributed by atoms with Gasteiger partial charge in [0, 0.05) is 0 Å². The Hall–Kier alpha value is -0.430. The summed E-state index contributed by atoms with van der Waals surface area (Å²) in [5.74, 6) is 0.591. The molecule has 0 bridgehead atoms. The first-order valence-corrected chi connectivity index (χ1v) is 5.11. The molecule has 0 rings (SSSR count). The molecule has 82 valence electrons. The second-order valence-electron chi connectivity index (χ2n) is 4.81. The van der Waals surface area contributed by atoms with Crippen molar-refractivity contribution in [3.05, 3.63) is 24.0 Å². The molecule has 0 heterocycles. The van der Waals surface area contributed by atoms with Crippen LogP contribution in [-0.4, -0.2) is 12.0 Å². The van der Waals surface area contributed by atoms with Gasteiger partial charge in [-0.05, 0) is 19.3 Å². The minimum Gasteiger partial charge on any atom is -0.499 e. The zero-order chi connectivity index (χ0) is 11.6. The molecular formula is C12H21ClO. The number of rotatable bonds is 3. The van der Waals surface area contributed by atoms with Gasteiger partial charge in [0.15, 0.2) is 0 Å². The monoisotopic (exact) mass is 216 g/mol. The van der Waals surface area contributed by atoms with E-state index in [9.17, 15) is 0 Å². The van der Waals surface area contributed by atoms with Crippen LogP contribution in [0.15, 0.2) is 24.0 Å². The zero-order valence-electron chi connectivity index (χ0n) is 10.1. The minimum absolute atomic E-state index is 0.126. The van der Waals surface area contributed by atoms with Crippen molar-refractivity contribution in [2.75, 3.05) is 7.11 Å². The van der Waals surface area contributed by atoms with E-state index >= 15 is 0 Å². The molecule has 0 aliphatic heterocycles. The van der Waals surface area contributed by atoms with E-state index in [2.05, 4.69) is 27.4 Å². The van der Waals surface area contributed by atoms with Gasteiger partial charge in [-0.15, -0.1) is 11.6 Å². The van der Waals surface area contributed by atoms with E-state index in [4.69, 9.17) is 16.3 Å². The van der Waals surface area contributed by atoms with E-state index in [1.54, 1.807) is 7.11 Å². The van der Waals surface area contributed by atoms with Gasteiger partial charge in [-0.3, -0.25) is 0 Å². The Morgan fingerprint density at radius 3 is 1.93 bits per heavy atom. The van der Waals surface area contributed by atoms with Crippen LogP contribution in [0.4, 0.5) is 0 Å². The van der Waals surface area contributed by atoms with Gasteiger partial charge in [-0.1, -0.05) is 39.0 Å². The highest BCUT2D eigenvalue weighted by Gasteiger charge is 2.41. The average molecular weight is 217 g/mol. The van der Waals surface area contributed by atoms with E-state index in [0.29, 0.717) is 5.76 Å². The molecule has 0 aromatic carbocycles. The second-order valence-corrected chi connectivity index (χ2v) is 5.41. The van der Waals surface area contributed by atoms with Crippen molar-refractivity contribution in [3.8, 4) is 0 Å². The van der Waals surface area contributed by atoms with E-state index in [-0.39, 0.29) is 5.41 Å². The fraction of sp³-hybridized carbons (Fsp3) is 0.667. The smallest absolute Gasteiger partial charge is 0.124 e. The molecule has 1 unspecified atom stereocenters. The van der Waals surface area contributed by atoms with Gasteiger partial charge in [0.2, 0.25) is 0 Å². The van der Waals surface area contributed by atoms with E-state index < -0.39 is 4.87 Å². The van der Waals surface area contributed by atoms with Crippen LogP contribution in [-0.2, 0) is 4.74 Å². The van der Waals surface area contributed by atoms with Crippen LogP contribution in [0.3, 0.4) is 0 Å². The Labute approximate surface area is 92.8 Å². The molecule has 14 heavy (non-hydrogen) atoms. The molecule has 1 nitrogen and oxygen atoms in total. The van der Waals surface area contributed by atoms with Gasteiger partial charge in [0.25, 0.3) is 0 Å². The molecule has 2 heteroatoms. The van der Waals surface area contributed by atoms with Gasteiger partial charge in [-0.2, -0.15) is 0 Å². The van der Waals surface area contributed by atoms with Crippen molar-refractivity contribution >= 4 is 11.6 Å². The number of halogens is 1. The number of alkyl halides is 1. The Morgan fingerprint density at radius 2 is 1.71 bits per heavy atom. The van der Waals surface area contributed by atoms with Gasteiger partial charge in [0.1, 0.15) is 10.6 Å². The van der Waals surface area contributed by atoms with Crippen LogP contribution in [0.2, 0.25) is 0 Å². The van der Waals surface area contributed by atoms with Gasteiger partial charge >= 0.3 is 0 Å². The lowest BCUT2D eigenvalue weighted by Crippen LogP contribution is -2.38. The first kappa shape index (κ1) is 13.6. The topological polar surface area (TPSA) is 9.23 Å². The number of hydrogen-bond acceptors (Lipinski definition) is 1. The third kappa shape index (κ3) is 2.78. The summed E-state index contributed by atoms with van der Waals surface area (Å²) in [4.78, 5) is -0.638. The normalized spacial score (nSPS) is 15.6. The van der Waals surface area contributed by atoms with Crippen LogP contribution >= 0.6 is 11.6 Å². The lowest BCUT2D eigenvalue weighted by Gasteiger charge is -2.38. The van der Waals surface area contributed by atoms with Crippen LogP contribution in [0.5, 0.6) is 0 Å². The van der Waals surface area contributed by atoms with Gasteiger partial charge in [0.05, 0.1) is 7.11 Å². The molecule has 0 saturated carbocycles. The molecule has 0 spiro atoms. The predicted molar refractivity (Wildman–Crippen MR) is 63.6 cm³/mol. The summed E-state index contributed by atoms with van der Waals surface area (Å²) in [6.07, 6.45) is 2.00. The standard InChI is InChI=1S/C12H21ClO/c1-9(2)8-12(13,10(3)14-7)11(4,5)6/h8H,3H2,1-2,4-7H3. The Kier molecular flexibility index (Phi) is 4.26. The van der Waals surface area contributed by atoms with Gasteiger partial charge < -0.3 is 4.74 Å². The predicted octanol–water partition coefficient (Wildman–Crippen LogP) is 4.14. The summed E-state index contributed by atoms with van der Waals surface area (Å²) in [5.41, 5.74) is 1.03. The Morgan fingerprint density at radius 1 is 1.29 bits per heavy atom. The van der Waals surface area contributed by atoms with Crippen LogP contribution < -0.4 is 0 Å². The molecule has 0 aromatic rings. The van der Waals surface area contributed by atoms with Crippen LogP contribution in [0, 0.1) is 5.41 Å². The van der Waals surface area contributed by atoms with E-state index in [1.807, 2.05) is 19.9 Å². The number of allylic oxidation sites excluding steroid dienone is 2. The highest BCUT2D eigenvalue weighted by molar-refractivity contribution is 6.27. The largest absolute Gasteiger partial charge is 0.499 e. The molecule has 0 N–H and O–H groups in total. The maximum absolute atomic E-state index is 6.56. The van der Waals surface area contributed by atoms with Crippen molar-refractivity contribution in [2.24, 2.45) is 5.41 Å². The molecule has 0 aliphatic rings. The SMILES string of the molecule is C=C(OC)C(Cl)(C=C(C)C)C(C)(C)C. The quantitative estimate of drug-likeness (QED) is 0.392. The number of ether oxygens (including phenoxy) is 1. The number of methoxy groups -OCH3 is 1. The molecule has 0 fully saturated rings. The highest BCUT2D eigenvalue weighted by atomic mass is 35.5. The molecule has 0 radical (unpaired) electrons. The Balaban J connectivity index is 5.28. The van der Waals surface area contributed by atoms with Crippen LogP contribution in [0.25, 0.3) is 0 Å². The summed E-state index contributed by atoms with van der Waals surface area (Å²) < 4.78 is 5.17. The molecular weight excluding hydrogens is 196 g/mol. The van der Waals surface area contributed by atoms with E-state index in [0.717, 1.165) is 5.57 Å². The third-order valence-electron chi connectivity index (χ3n) is 2.23.